The minimum atomic E-state index is -0.336. The van der Waals surface area contributed by atoms with Crippen molar-refractivity contribution in [1.82, 2.24) is 4.57 Å². The average molecular weight is 406 g/mol. The summed E-state index contributed by atoms with van der Waals surface area (Å²) in [5.74, 6) is -0.340. The van der Waals surface area contributed by atoms with Crippen LogP contribution in [0.2, 0.25) is 0 Å². The van der Waals surface area contributed by atoms with E-state index in [1.54, 1.807) is 4.57 Å². The summed E-state index contributed by atoms with van der Waals surface area (Å²) in [5, 5.41) is 19.5. The molecule has 0 bridgehead atoms. The molecule has 0 atom stereocenters. The predicted octanol–water partition coefficient (Wildman–Crippen LogP) is 4.45. The van der Waals surface area contributed by atoms with Crippen molar-refractivity contribution in [3.8, 4) is 5.88 Å². The molecule has 0 saturated carbocycles. The lowest BCUT2D eigenvalue weighted by molar-refractivity contribution is -0.117. The standard InChI is InChI=1S/C23H26N4O3/c1-2-30-15-14-27-20-12-6-4-10-18(20)22(23(27)29)25-24-21(28)16-26-13-7-9-17-8-3-5-11-19(17)26/h3-6,8,10-12,29H,2,7,9,13-16H2,1H3. The number of aromatic nitrogens is 1. The van der Waals surface area contributed by atoms with Crippen LogP contribution in [0.5, 0.6) is 5.88 Å². The number of carbonyl (C=O) groups excluding carboxylic acids is 1. The lowest BCUT2D eigenvalue weighted by Gasteiger charge is -2.29. The summed E-state index contributed by atoms with van der Waals surface area (Å²) in [6, 6.07) is 15.7. The number of para-hydroxylation sites is 2. The van der Waals surface area contributed by atoms with Gasteiger partial charge in [0.25, 0.3) is 5.91 Å². The summed E-state index contributed by atoms with van der Waals surface area (Å²) in [5.41, 5.74) is 3.49. The van der Waals surface area contributed by atoms with E-state index < -0.39 is 0 Å². The molecule has 0 spiro atoms. The zero-order valence-electron chi connectivity index (χ0n) is 17.1. The molecule has 3 aromatic rings. The summed E-state index contributed by atoms with van der Waals surface area (Å²) in [4.78, 5) is 14.6. The van der Waals surface area contributed by atoms with Gasteiger partial charge in [-0.1, -0.05) is 36.4 Å². The number of anilines is 1. The molecule has 2 heterocycles. The van der Waals surface area contributed by atoms with Crippen molar-refractivity contribution in [2.45, 2.75) is 26.3 Å². The topological polar surface area (TPSA) is 79.4 Å². The Bertz CT molecular complexity index is 1070. The maximum absolute atomic E-state index is 12.5. The number of carbonyl (C=O) groups is 1. The number of nitrogens with zero attached hydrogens (tertiary/aromatic N) is 4. The number of rotatable bonds is 7. The van der Waals surface area contributed by atoms with Gasteiger partial charge in [-0.25, -0.2) is 0 Å². The highest BCUT2D eigenvalue weighted by atomic mass is 16.5. The fourth-order valence-electron chi connectivity index (χ4n) is 3.97. The zero-order valence-corrected chi connectivity index (χ0v) is 17.1. The van der Waals surface area contributed by atoms with E-state index >= 15 is 0 Å². The van der Waals surface area contributed by atoms with Crippen LogP contribution in [0.4, 0.5) is 11.4 Å². The maximum Gasteiger partial charge on any atom is 0.283 e. The Labute approximate surface area is 175 Å². The first-order valence-corrected chi connectivity index (χ1v) is 10.3. The molecule has 1 aliphatic heterocycles. The maximum atomic E-state index is 12.5. The number of amides is 1. The van der Waals surface area contributed by atoms with Gasteiger partial charge in [0.05, 0.1) is 12.1 Å². The molecule has 0 fully saturated rings. The fourth-order valence-corrected chi connectivity index (χ4v) is 3.97. The number of aromatic hydroxyl groups is 1. The number of fused-ring (bicyclic) bond motifs is 2. The van der Waals surface area contributed by atoms with E-state index in [1.165, 1.54) is 5.56 Å². The van der Waals surface area contributed by atoms with Gasteiger partial charge in [0, 0.05) is 30.8 Å². The van der Waals surface area contributed by atoms with Crippen molar-refractivity contribution in [2.24, 2.45) is 10.2 Å². The second kappa shape index (κ2) is 9.09. The van der Waals surface area contributed by atoms with E-state index in [4.69, 9.17) is 4.74 Å². The number of benzene rings is 2. The Morgan fingerprint density at radius 2 is 1.97 bits per heavy atom. The lowest BCUT2D eigenvalue weighted by Crippen LogP contribution is -2.33. The van der Waals surface area contributed by atoms with Gasteiger partial charge in [0.2, 0.25) is 5.88 Å². The first-order valence-electron chi connectivity index (χ1n) is 10.3. The summed E-state index contributed by atoms with van der Waals surface area (Å²) in [6.07, 6.45) is 2.03. The smallest absolute Gasteiger partial charge is 0.283 e. The molecule has 0 unspecified atom stereocenters. The van der Waals surface area contributed by atoms with E-state index in [0.29, 0.717) is 25.4 Å². The van der Waals surface area contributed by atoms with Crippen LogP contribution in [0.3, 0.4) is 0 Å². The van der Waals surface area contributed by atoms with Gasteiger partial charge < -0.3 is 19.3 Å². The van der Waals surface area contributed by atoms with Crippen LogP contribution in [0, 0.1) is 0 Å². The molecule has 2 aromatic carbocycles. The molecule has 4 rings (SSSR count). The first-order chi connectivity index (χ1) is 14.7. The Kier molecular flexibility index (Phi) is 6.09. The second-order valence-electron chi connectivity index (χ2n) is 7.29. The van der Waals surface area contributed by atoms with Crippen LogP contribution < -0.4 is 4.90 Å². The third-order valence-corrected chi connectivity index (χ3v) is 5.37. The SMILES string of the molecule is CCOCCn1c(O)c(N=NC(=O)CN2CCCc3ccccc32)c2ccccc21. The van der Waals surface area contributed by atoms with E-state index in [-0.39, 0.29) is 18.3 Å². The molecule has 0 radical (unpaired) electrons. The second-order valence-corrected chi connectivity index (χ2v) is 7.29. The van der Waals surface area contributed by atoms with Gasteiger partial charge in [-0.2, -0.15) is 0 Å². The quantitative estimate of drug-likeness (QED) is 0.464. The normalized spacial score (nSPS) is 13.8. The number of aryl methyl sites for hydroxylation is 1. The largest absolute Gasteiger partial charge is 0.493 e. The minimum absolute atomic E-state index is 0.00392. The highest BCUT2D eigenvalue weighted by molar-refractivity contribution is 5.95. The summed E-state index contributed by atoms with van der Waals surface area (Å²) in [7, 11) is 0. The monoisotopic (exact) mass is 406 g/mol. The Morgan fingerprint density at radius 3 is 2.83 bits per heavy atom. The van der Waals surface area contributed by atoms with Gasteiger partial charge in [0.15, 0.2) is 5.69 Å². The number of azo groups is 1. The third kappa shape index (κ3) is 4.07. The molecule has 7 heteroatoms. The van der Waals surface area contributed by atoms with Crippen LogP contribution in [-0.4, -0.2) is 41.9 Å². The molecule has 1 amide bonds. The number of hydrogen-bond donors (Lipinski definition) is 1. The van der Waals surface area contributed by atoms with E-state index in [1.807, 2.05) is 54.3 Å². The number of ether oxygens (including phenoxy) is 1. The summed E-state index contributed by atoms with van der Waals surface area (Å²) < 4.78 is 7.16. The zero-order chi connectivity index (χ0) is 20.9. The first kappa shape index (κ1) is 20.1. The summed E-state index contributed by atoms with van der Waals surface area (Å²) >= 11 is 0. The predicted molar refractivity (Wildman–Crippen MR) is 117 cm³/mol. The Morgan fingerprint density at radius 1 is 1.17 bits per heavy atom. The lowest BCUT2D eigenvalue weighted by atomic mass is 10.0. The van der Waals surface area contributed by atoms with Gasteiger partial charge >= 0.3 is 0 Å². The molecule has 1 N–H and O–H groups in total. The molecule has 0 aliphatic carbocycles. The van der Waals surface area contributed by atoms with Crippen LogP contribution in [0.15, 0.2) is 58.8 Å². The van der Waals surface area contributed by atoms with Crippen LogP contribution in [0.25, 0.3) is 10.9 Å². The Balaban J connectivity index is 1.54. The Hall–Kier alpha value is -3.19. The van der Waals surface area contributed by atoms with Crippen molar-refractivity contribution >= 4 is 28.2 Å². The molecular formula is C23H26N4O3. The molecule has 1 aliphatic rings. The van der Waals surface area contributed by atoms with Gasteiger partial charge in [0.1, 0.15) is 6.54 Å². The van der Waals surface area contributed by atoms with Crippen molar-refractivity contribution < 1.29 is 14.6 Å². The third-order valence-electron chi connectivity index (χ3n) is 5.37. The van der Waals surface area contributed by atoms with E-state index in [9.17, 15) is 9.90 Å². The highest BCUT2D eigenvalue weighted by Crippen LogP contribution is 2.38. The van der Waals surface area contributed by atoms with Crippen LogP contribution in [0.1, 0.15) is 18.9 Å². The molecule has 1 aromatic heterocycles. The molecule has 7 nitrogen and oxygen atoms in total. The van der Waals surface area contributed by atoms with Gasteiger partial charge in [-0.05, 0) is 37.5 Å². The fraction of sp³-hybridized carbons (Fsp3) is 0.348. The summed E-state index contributed by atoms with van der Waals surface area (Å²) in [6.45, 7) is 4.51. The molecular weight excluding hydrogens is 380 g/mol. The van der Waals surface area contributed by atoms with E-state index in [0.717, 1.165) is 36.0 Å². The van der Waals surface area contributed by atoms with Crippen molar-refractivity contribution in [3.63, 3.8) is 0 Å². The molecule has 0 saturated heterocycles. The van der Waals surface area contributed by atoms with Crippen molar-refractivity contribution in [3.05, 3.63) is 54.1 Å². The van der Waals surface area contributed by atoms with Gasteiger partial charge in [-0.15, -0.1) is 10.2 Å². The number of hydrogen-bond acceptors (Lipinski definition) is 5. The average Bonchev–Trinajstić information content (AvgIpc) is 3.04. The minimum Gasteiger partial charge on any atom is -0.493 e. The molecule has 156 valence electrons. The molecule has 30 heavy (non-hydrogen) atoms. The van der Waals surface area contributed by atoms with Crippen LogP contribution >= 0.6 is 0 Å². The van der Waals surface area contributed by atoms with Crippen molar-refractivity contribution in [1.29, 1.82) is 0 Å². The van der Waals surface area contributed by atoms with Crippen LogP contribution in [-0.2, 0) is 22.5 Å². The van der Waals surface area contributed by atoms with E-state index in [2.05, 4.69) is 16.3 Å². The highest BCUT2D eigenvalue weighted by Gasteiger charge is 2.20. The van der Waals surface area contributed by atoms with Gasteiger partial charge in [-0.3, -0.25) is 4.79 Å². The van der Waals surface area contributed by atoms with Crippen molar-refractivity contribution in [2.75, 3.05) is 31.2 Å².